The van der Waals surface area contributed by atoms with E-state index in [4.69, 9.17) is 9.15 Å². The zero-order chi connectivity index (χ0) is 12.6. The predicted octanol–water partition coefficient (Wildman–Crippen LogP) is 2.24. The maximum Gasteiger partial charge on any atom is 0.353 e. The van der Waals surface area contributed by atoms with Gasteiger partial charge in [0.1, 0.15) is 12.0 Å². The minimum absolute atomic E-state index is 0.0543. The Kier molecular flexibility index (Phi) is 3.02. The molecule has 2 heterocycles. The highest BCUT2D eigenvalue weighted by atomic mass is 16.5. The first kappa shape index (κ1) is 11.9. The van der Waals surface area contributed by atoms with Gasteiger partial charge in [-0.05, 0) is 33.8 Å². The van der Waals surface area contributed by atoms with Crippen molar-refractivity contribution in [3.63, 3.8) is 0 Å². The van der Waals surface area contributed by atoms with Gasteiger partial charge in [0.15, 0.2) is 0 Å². The number of aromatic nitrogens is 2. The molecule has 0 amide bonds. The molecule has 1 atom stereocenters. The lowest BCUT2D eigenvalue weighted by atomic mass is 10.4. The molecule has 5 heteroatoms. The summed E-state index contributed by atoms with van der Waals surface area (Å²) in [6.45, 7) is 7.50. The molecule has 0 radical (unpaired) electrons. The number of nitrogens with zero attached hydrogens (tertiary/aromatic N) is 2. The van der Waals surface area contributed by atoms with Crippen molar-refractivity contribution in [2.24, 2.45) is 0 Å². The van der Waals surface area contributed by atoms with Crippen LogP contribution in [0.5, 0.6) is 0 Å². The van der Waals surface area contributed by atoms with Crippen LogP contribution in [0.3, 0.4) is 0 Å². The molecule has 1 unspecified atom stereocenters. The number of ether oxygens (including phenoxy) is 1. The molecule has 0 N–H and O–H groups in total. The average Bonchev–Trinajstić information content (AvgIpc) is 2.54. The number of fused-ring (bicyclic) bond motifs is 1. The van der Waals surface area contributed by atoms with Crippen LogP contribution in [0.15, 0.2) is 21.5 Å². The molecule has 0 bridgehead atoms. The molecule has 0 aliphatic carbocycles. The third-order valence-corrected chi connectivity index (χ3v) is 2.42. The van der Waals surface area contributed by atoms with Gasteiger partial charge in [-0.1, -0.05) is 0 Å². The van der Waals surface area contributed by atoms with Gasteiger partial charge < -0.3 is 9.15 Å². The van der Waals surface area contributed by atoms with E-state index in [2.05, 4.69) is 4.98 Å². The second-order valence-corrected chi connectivity index (χ2v) is 4.33. The third-order valence-electron chi connectivity index (χ3n) is 2.42. The number of hydrogen-bond donors (Lipinski definition) is 0. The summed E-state index contributed by atoms with van der Waals surface area (Å²) >= 11 is 0. The van der Waals surface area contributed by atoms with Gasteiger partial charge in [0, 0.05) is 6.20 Å². The second kappa shape index (κ2) is 4.33. The molecule has 92 valence electrons. The molecule has 2 rings (SSSR count). The van der Waals surface area contributed by atoms with E-state index in [0.29, 0.717) is 5.71 Å². The lowest BCUT2D eigenvalue weighted by Gasteiger charge is -2.17. The Bertz CT molecular complexity index is 583. The molecule has 5 nitrogen and oxygen atoms in total. The zero-order valence-corrected chi connectivity index (χ0v) is 10.4. The molecule has 0 aromatic carbocycles. The van der Waals surface area contributed by atoms with Gasteiger partial charge >= 0.3 is 5.69 Å². The molecule has 0 fully saturated rings. The van der Waals surface area contributed by atoms with Crippen molar-refractivity contribution < 1.29 is 9.15 Å². The average molecular weight is 236 g/mol. The largest absolute Gasteiger partial charge is 0.443 e. The quantitative estimate of drug-likeness (QED) is 0.820. The highest BCUT2D eigenvalue weighted by molar-refractivity contribution is 5.72. The summed E-state index contributed by atoms with van der Waals surface area (Å²) in [6.07, 6.45) is 1.43. The Morgan fingerprint density at radius 3 is 2.76 bits per heavy atom. The standard InChI is InChI=1S/C12H16N2O3/c1-7(2)16-9(4)14-6-10-5-8(3)17-11(10)13-12(14)15/h5-7,9H,1-4H3. The van der Waals surface area contributed by atoms with Gasteiger partial charge in [0.25, 0.3) is 0 Å². The van der Waals surface area contributed by atoms with Crippen molar-refractivity contribution in [3.8, 4) is 0 Å². The lowest BCUT2D eigenvalue weighted by Crippen LogP contribution is -2.27. The molecule has 17 heavy (non-hydrogen) atoms. The first-order chi connectivity index (χ1) is 7.97. The lowest BCUT2D eigenvalue weighted by molar-refractivity contribution is -0.0273. The summed E-state index contributed by atoms with van der Waals surface area (Å²) in [5.74, 6) is 0.738. The number of furan rings is 1. The smallest absolute Gasteiger partial charge is 0.353 e. The van der Waals surface area contributed by atoms with Crippen molar-refractivity contribution >= 4 is 11.1 Å². The van der Waals surface area contributed by atoms with Crippen LogP contribution in [0, 0.1) is 6.92 Å². The van der Waals surface area contributed by atoms with Crippen molar-refractivity contribution in [1.29, 1.82) is 0 Å². The van der Waals surface area contributed by atoms with E-state index in [1.807, 2.05) is 33.8 Å². The predicted molar refractivity (Wildman–Crippen MR) is 63.9 cm³/mol. The van der Waals surface area contributed by atoms with Crippen LogP contribution in [0.25, 0.3) is 11.1 Å². The molecule has 0 spiro atoms. The van der Waals surface area contributed by atoms with Crippen LogP contribution in [0.2, 0.25) is 0 Å². The van der Waals surface area contributed by atoms with Crippen molar-refractivity contribution in [2.45, 2.75) is 40.0 Å². The van der Waals surface area contributed by atoms with E-state index in [1.54, 1.807) is 6.20 Å². The van der Waals surface area contributed by atoms with Crippen LogP contribution in [0.1, 0.15) is 32.8 Å². The Labute approximate surface area is 99.0 Å². The molecule has 0 aliphatic heterocycles. The number of rotatable bonds is 3. The summed E-state index contributed by atoms with van der Waals surface area (Å²) in [5, 5.41) is 0.807. The van der Waals surface area contributed by atoms with E-state index in [1.165, 1.54) is 4.57 Å². The minimum Gasteiger partial charge on any atom is -0.443 e. The summed E-state index contributed by atoms with van der Waals surface area (Å²) in [4.78, 5) is 15.7. The summed E-state index contributed by atoms with van der Waals surface area (Å²) in [5.41, 5.74) is 0.0143. The van der Waals surface area contributed by atoms with Crippen LogP contribution < -0.4 is 5.69 Å². The maximum absolute atomic E-state index is 11.8. The normalized spacial score (nSPS) is 13.5. The molecule has 2 aromatic rings. The molecular formula is C12H16N2O3. The topological polar surface area (TPSA) is 57.3 Å². The van der Waals surface area contributed by atoms with Crippen LogP contribution in [-0.4, -0.2) is 15.7 Å². The van der Waals surface area contributed by atoms with Gasteiger partial charge in [-0.25, -0.2) is 4.79 Å². The summed E-state index contributed by atoms with van der Waals surface area (Å²) in [7, 11) is 0. The molecular weight excluding hydrogens is 220 g/mol. The van der Waals surface area contributed by atoms with Gasteiger partial charge in [0.05, 0.1) is 11.5 Å². The van der Waals surface area contributed by atoms with Gasteiger partial charge in [-0.3, -0.25) is 4.57 Å². The second-order valence-electron chi connectivity index (χ2n) is 4.33. The van der Waals surface area contributed by atoms with Crippen molar-refractivity contribution in [1.82, 2.24) is 9.55 Å². The van der Waals surface area contributed by atoms with Gasteiger partial charge in [-0.2, -0.15) is 4.98 Å². The monoisotopic (exact) mass is 236 g/mol. The highest BCUT2D eigenvalue weighted by Gasteiger charge is 2.12. The molecule has 0 saturated heterocycles. The molecule has 2 aromatic heterocycles. The van der Waals surface area contributed by atoms with Crippen molar-refractivity contribution in [2.75, 3.05) is 0 Å². The third kappa shape index (κ3) is 2.39. The van der Waals surface area contributed by atoms with E-state index in [9.17, 15) is 4.79 Å². The first-order valence-electron chi connectivity index (χ1n) is 5.62. The highest BCUT2D eigenvalue weighted by Crippen LogP contribution is 2.16. The van der Waals surface area contributed by atoms with E-state index in [0.717, 1.165) is 11.1 Å². The Hall–Kier alpha value is -1.62. The fourth-order valence-corrected chi connectivity index (χ4v) is 1.77. The fourth-order valence-electron chi connectivity index (χ4n) is 1.77. The van der Waals surface area contributed by atoms with Gasteiger partial charge in [0.2, 0.25) is 5.71 Å². The van der Waals surface area contributed by atoms with Gasteiger partial charge in [-0.15, -0.1) is 0 Å². The Balaban J connectivity index is 2.46. The van der Waals surface area contributed by atoms with Crippen molar-refractivity contribution in [3.05, 3.63) is 28.5 Å². The van der Waals surface area contributed by atoms with E-state index < -0.39 is 0 Å². The van der Waals surface area contributed by atoms with Crippen LogP contribution >= 0.6 is 0 Å². The Morgan fingerprint density at radius 2 is 2.12 bits per heavy atom. The van der Waals surface area contributed by atoms with Crippen LogP contribution in [-0.2, 0) is 4.74 Å². The Morgan fingerprint density at radius 1 is 1.41 bits per heavy atom. The minimum atomic E-state index is -0.361. The fraction of sp³-hybridized carbons (Fsp3) is 0.500. The summed E-state index contributed by atoms with van der Waals surface area (Å²) < 4.78 is 12.3. The SMILES string of the molecule is Cc1cc2cn(C(C)OC(C)C)c(=O)nc2o1. The molecule has 0 saturated carbocycles. The number of aryl methyl sites for hydroxylation is 1. The van der Waals surface area contributed by atoms with E-state index in [-0.39, 0.29) is 18.0 Å². The van der Waals surface area contributed by atoms with E-state index >= 15 is 0 Å². The summed E-state index contributed by atoms with van der Waals surface area (Å²) in [6, 6.07) is 1.85. The first-order valence-corrected chi connectivity index (χ1v) is 5.62. The van der Waals surface area contributed by atoms with Crippen LogP contribution in [0.4, 0.5) is 0 Å². The zero-order valence-electron chi connectivity index (χ0n) is 10.4. The molecule has 0 aliphatic rings. The number of hydrogen-bond acceptors (Lipinski definition) is 4. The maximum atomic E-state index is 11.8.